The number of nitrogens with zero attached hydrogens (tertiary/aromatic N) is 1. The van der Waals surface area contributed by atoms with E-state index in [4.69, 9.17) is 0 Å². The van der Waals surface area contributed by atoms with Crippen LogP contribution in [0.15, 0.2) is 61.1 Å². The van der Waals surface area contributed by atoms with E-state index in [2.05, 4.69) is 52.3 Å². The Hall–Kier alpha value is -2.59. The molecule has 4 nitrogen and oxygen atoms in total. The van der Waals surface area contributed by atoms with Gasteiger partial charge in [0.1, 0.15) is 0 Å². The van der Waals surface area contributed by atoms with Crippen molar-refractivity contribution in [2.45, 2.75) is 39.2 Å². The summed E-state index contributed by atoms with van der Waals surface area (Å²) in [7, 11) is 0. The average molecular weight is 398 g/mol. The van der Waals surface area contributed by atoms with E-state index in [9.17, 15) is 4.79 Å². The summed E-state index contributed by atoms with van der Waals surface area (Å²) in [6.45, 7) is 3.91. The lowest BCUT2D eigenvalue weighted by Crippen LogP contribution is -3.00. The number of pyridine rings is 1. The molecule has 148 valence electrons. The van der Waals surface area contributed by atoms with Gasteiger partial charge in [-0.15, -0.1) is 0 Å². The van der Waals surface area contributed by atoms with Crippen molar-refractivity contribution in [3.05, 3.63) is 72.2 Å². The second-order valence-corrected chi connectivity index (χ2v) is 6.95. The van der Waals surface area contributed by atoms with E-state index in [1.807, 2.05) is 30.6 Å². The zero-order valence-corrected chi connectivity index (χ0v) is 17.1. The number of benzene rings is 1. The van der Waals surface area contributed by atoms with Gasteiger partial charge in [0.2, 0.25) is 5.91 Å². The van der Waals surface area contributed by atoms with Crippen LogP contribution in [0.25, 0.3) is 17.0 Å². The van der Waals surface area contributed by atoms with Crippen LogP contribution in [0.5, 0.6) is 0 Å². The number of rotatable bonds is 9. The lowest BCUT2D eigenvalue weighted by atomic mass is 10.1. The summed E-state index contributed by atoms with van der Waals surface area (Å²) >= 11 is 0. The van der Waals surface area contributed by atoms with E-state index in [0.29, 0.717) is 0 Å². The molecule has 0 radical (unpaired) electrons. The first kappa shape index (κ1) is 21.7. The first-order valence-electron chi connectivity index (χ1n) is 9.70. The highest BCUT2D eigenvalue weighted by atomic mass is 35.5. The van der Waals surface area contributed by atoms with Crippen LogP contribution in [0.4, 0.5) is 0 Å². The van der Waals surface area contributed by atoms with Gasteiger partial charge in [-0.3, -0.25) is 4.79 Å². The number of fused-ring (bicyclic) bond motifs is 1. The first-order valence-corrected chi connectivity index (χ1v) is 9.70. The molecular weight excluding hydrogens is 370 g/mol. The van der Waals surface area contributed by atoms with Gasteiger partial charge in [-0.2, -0.15) is 0 Å². The quantitative estimate of drug-likeness (QED) is 0.427. The number of amides is 1. The van der Waals surface area contributed by atoms with Crippen LogP contribution in [0.3, 0.4) is 0 Å². The Kier molecular flexibility index (Phi) is 8.76. The van der Waals surface area contributed by atoms with E-state index in [0.717, 1.165) is 37.9 Å². The molecule has 2 aromatic heterocycles. The fraction of sp³-hybridized carbons (Fsp3) is 0.304. The minimum Gasteiger partial charge on any atom is -1.00 e. The number of aromatic nitrogens is 2. The lowest BCUT2D eigenvalue weighted by molar-refractivity contribution is -0.378. The summed E-state index contributed by atoms with van der Waals surface area (Å²) in [5.74, 6) is -0.0343. The maximum absolute atomic E-state index is 11.8. The van der Waals surface area contributed by atoms with Crippen molar-refractivity contribution in [2.24, 2.45) is 0 Å². The second-order valence-electron chi connectivity index (χ2n) is 6.95. The van der Waals surface area contributed by atoms with Crippen molar-refractivity contribution in [3.63, 3.8) is 0 Å². The van der Waals surface area contributed by atoms with Crippen molar-refractivity contribution in [2.75, 3.05) is 6.54 Å². The van der Waals surface area contributed by atoms with E-state index in [1.54, 1.807) is 6.08 Å². The maximum Gasteiger partial charge on any atom is 0.244 e. The lowest BCUT2D eigenvalue weighted by Gasteiger charge is -2.06. The van der Waals surface area contributed by atoms with Gasteiger partial charge in [0.15, 0.2) is 12.4 Å². The molecule has 0 aliphatic carbocycles. The summed E-state index contributed by atoms with van der Waals surface area (Å²) in [6, 6.07) is 12.7. The van der Waals surface area contributed by atoms with Crippen LogP contribution in [-0.4, -0.2) is 17.0 Å². The summed E-state index contributed by atoms with van der Waals surface area (Å²) in [6.07, 6.45) is 13.8. The van der Waals surface area contributed by atoms with Gasteiger partial charge in [-0.05, 0) is 55.5 Å². The van der Waals surface area contributed by atoms with Gasteiger partial charge in [-0.1, -0.05) is 24.5 Å². The van der Waals surface area contributed by atoms with Gasteiger partial charge in [-0.25, -0.2) is 4.98 Å². The molecule has 0 spiro atoms. The summed E-state index contributed by atoms with van der Waals surface area (Å²) < 4.78 is 2.34. The molecule has 0 fully saturated rings. The molecule has 0 unspecified atom stereocenters. The molecule has 0 bridgehead atoms. The zero-order valence-electron chi connectivity index (χ0n) is 16.3. The number of aromatic amines is 1. The van der Waals surface area contributed by atoms with Gasteiger partial charge >= 0.3 is 0 Å². The standard InChI is InChI=1S/C23H27N3O.ClH/c1-19-8-10-22-21(17-19)12-16-26(22)15-5-3-2-4-14-25-23(27)11-9-20-7-6-13-24-18-20;/h6-13,16-18H,2-5,14-15H2,1H3,(H,25,27);1H/b11-9+;. The fourth-order valence-corrected chi connectivity index (χ4v) is 3.23. The molecule has 3 rings (SSSR count). The highest BCUT2D eigenvalue weighted by Gasteiger charge is 2.01. The normalized spacial score (nSPS) is 10.9. The number of halogens is 1. The summed E-state index contributed by atoms with van der Waals surface area (Å²) in [5.41, 5.74) is 3.61. The van der Waals surface area contributed by atoms with E-state index < -0.39 is 0 Å². The molecule has 5 heteroatoms. The molecule has 2 N–H and O–H groups in total. The number of hydrogen-bond acceptors (Lipinski definition) is 1. The topological polar surface area (TPSA) is 48.2 Å². The zero-order chi connectivity index (χ0) is 18.9. The number of hydrogen-bond donors (Lipinski definition) is 1. The van der Waals surface area contributed by atoms with Crippen LogP contribution >= 0.6 is 0 Å². The molecule has 0 atom stereocenters. The van der Waals surface area contributed by atoms with Crippen molar-refractivity contribution in [1.29, 1.82) is 0 Å². The van der Waals surface area contributed by atoms with Gasteiger partial charge in [0, 0.05) is 42.5 Å². The molecule has 1 amide bonds. The number of carbonyl (C=O) groups excluding carboxylic acids is 1. The Balaban J connectivity index is 0.00000280. The molecule has 0 aliphatic rings. The van der Waals surface area contributed by atoms with Crippen LogP contribution in [0.2, 0.25) is 0 Å². The van der Waals surface area contributed by atoms with Crippen LogP contribution in [0.1, 0.15) is 36.8 Å². The third kappa shape index (κ3) is 6.54. The Morgan fingerprint density at radius 2 is 2.00 bits per heavy atom. The number of H-pyrrole nitrogens is 1. The second kappa shape index (κ2) is 11.3. The molecule has 0 saturated heterocycles. The third-order valence-electron chi connectivity index (χ3n) is 4.71. The monoisotopic (exact) mass is 397 g/mol. The summed E-state index contributed by atoms with van der Waals surface area (Å²) in [4.78, 5) is 14.8. The van der Waals surface area contributed by atoms with Crippen molar-refractivity contribution < 1.29 is 22.2 Å². The molecule has 2 heterocycles. The maximum atomic E-state index is 11.8. The van der Waals surface area contributed by atoms with E-state index in [1.165, 1.54) is 22.9 Å². The Morgan fingerprint density at radius 1 is 1.14 bits per heavy atom. The molecule has 1 aromatic carbocycles. The predicted octanol–water partition coefficient (Wildman–Crippen LogP) is 1.16. The van der Waals surface area contributed by atoms with Crippen molar-refractivity contribution in [1.82, 2.24) is 9.88 Å². The van der Waals surface area contributed by atoms with Gasteiger partial charge in [0.05, 0.1) is 0 Å². The van der Waals surface area contributed by atoms with Crippen molar-refractivity contribution >= 4 is 22.9 Å². The highest BCUT2D eigenvalue weighted by molar-refractivity contribution is 5.91. The smallest absolute Gasteiger partial charge is 0.244 e. The van der Waals surface area contributed by atoms with Gasteiger partial charge in [0.25, 0.3) is 0 Å². The van der Waals surface area contributed by atoms with Crippen LogP contribution in [0, 0.1) is 6.92 Å². The predicted molar refractivity (Wildman–Crippen MR) is 110 cm³/mol. The minimum atomic E-state index is -0.0343. The fourth-order valence-electron chi connectivity index (χ4n) is 3.23. The first-order chi connectivity index (χ1) is 13.2. The van der Waals surface area contributed by atoms with E-state index in [-0.39, 0.29) is 18.3 Å². The van der Waals surface area contributed by atoms with E-state index >= 15 is 0 Å². The number of nitrogens with one attached hydrogen (secondary N) is 2. The SMILES string of the molecule is Cc1ccc2c(ccn2CCCCCCNC(=O)/C=C/c2ccc[nH+]c2)c1.[Cl-]. The Bertz CT molecular complexity index is 903. The van der Waals surface area contributed by atoms with Crippen LogP contribution < -0.4 is 22.7 Å². The minimum absolute atomic E-state index is 0. The largest absolute Gasteiger partial charge is 1.00 e. The van der Waals surface area contributed by atoms with Crippen LogP contribution in [-0.2, 0) is 11.3 Å². The summed E-state index contributed by atoms with van der Waals surface area (Å²) in [5, 5.41) is 4.26. The molecule has 3 aromatic rings. The molecule has 28 heavy (non-hydrogen) atoms. The Labute approximate surface area is 173 Å². The molecule has 0 saturated carbocycles. The van der Waals surface area contributed by atoms with Gasteiger partial charge < -0.3 is 22.3 Å². The highest BCUT2D eigenvalue weighted by Crippen LogP contribution is 2.18. The molecule has 0 aliphatic heterocycles. The number of unbranched alkanes of at least 4 members (excludes halogenated alkanes) is 3. The van der Waals surface area contributed by atoms with Crippen molar-refractivity contribution in [3.8, 4) is 0 Å². The number of aryl methyl sites for hydroxylation is 2. The Morgan fingerprint density at radius 3 is 2.82 bits per heavy atom. The third-order valence-corrected chi connectivity index (χ3v) is 4.71. The number of carbonyl (C=O) groups is 1. The molecular formula is C23H28ClN3O. The average Bonchev–Trinajstić information content (AvgIpc) is 3.08.